The van der Waals surface area contributed by atoms with Gasteiger partial charge >= 0.3 is 0 Å². The lowest BCUT2D eigenvalue weighted by Gasteiger charge is -2.20. The smallest absolute Gasteiger partial charge is 0.266 e. The van der Waals surface area contributed by atoms with Crippen LogP contribution in [0.15, 0.2) is 88.8 Å². The van der Waals surface area contributed by atoms with Crippen LogP contribution in [-0.4, -0.2) is 37.7 Å². The number of rotatable bonds is 4. The van der Waals surface area contributed by atoms with E-state index in [4.69, 9.17) is 5.73 Å². The Kier molecular flexibility index (Phi) is 4.94. The fourth-order valence-corrected chi connectivity index (χ4v) is 5.62. The molecule has 162 valence electrons. The zero-order valence-electron chi connectivity index (χ0n) is 17.3. The Balaban J connectivity index is 1.41. The molecule has 32 heavy (non-hydrogen) atoms. The van der Waals surface area contributed by atoms with Gasteiger partial charge in [-0.3, -0.25) is 4.79 Å². The number of sulfonamides is 1. The Morgan fingerprint density at radius 1 is 0.969 bits per heavy atom. The largest absolute Gasteiger partial charge is 0.369 e. The summed E-state index contributed by atoms with van der Waals surface area (Å²) in [4.78, 5) is 19.1. The number of fused-ring (bicyclic) bond motifs is 1. The summed E-state index contributed by atoms with van der Waals surface area (Å²) in [6.07, 6.45) is 0.591. The highest BCUT2D eigenvalue weighted by Gasteiger charge is 2.35. The standard InChI is InChI=1S/C24H22N4O3S/c25-24-26-21(17-7-3-1-4-8-17)16-28(24)32(30,31)20-11-12-22-19(15-20)13-14-27(22)23(29)18-9-5-2-6-10-18/h1-12,15,21H,13-14,16H2,(H2,25,26). The van der Waals surface area contributed by atoms with Crippen molar-refractivity contribution in [1.82, 2.24) is 4.31 Å². The van der Waals surface area contributed by atoms with E-state index in [1.54, 1.807) is 29.2 Å². The molecule has 0 aromatic heterocycles. The summed E-state index contributed by atoms with van der Waals surface area (Å²) < 4.78 is 27.8. The number of nitrogens with two attached hydrogens (primary N) is 1. The Hall–Kier alpha value is -3.65. The van der Waals surface area contributed by atoms with Crippen molar-refractivity contribution < 1.29 is 13.2 Å². The first-order valence-corrected chi connectivity index (χ1v) is 11.8. The van der Waals surface area contributed by atoms with Gasteiger partial charge in [0.15, 0.2) is 0 Å². The monoisotopic (exact) mass is 446 g/mol. The van der Waals surface area contributed by atoms with Crippen molar-refractivity contribution in [3.8, 4) is 0 Å². The molecule has 0 saturated heterocycles. The molecule has 0 radical (unpaired) electrons. The number of carbonyl (C=O) groups excluding carboxylic acids is 1. The van der Waals surface area contributed by atoms with Crippen LogP contribution in [0.1, 0.15) is 27.5 Å². The number of hydrogen-bond donors (Lipinski definition) is 1. The molecule has 0 spiro atoms. The van der Waals surface area contributed by atoms with Crippen LogP contribution in [0.2, 0.25) is 0 Å². The topological polar surface area (TPSA) is 96.1 Å². The first-order valence-electron chi connectivity index (χ1n) is 10.4. The third-order valence-corrected chi connectivity index (χ3v) is 7.63. The summed E-state index contributed by atoms with van der Waals surface area (Å²) in [5.74, 6) is -0.109. The highest BCUT2D eigenvalue weighted by atomic mass is 32.2. The summed E-state index contributed by atoms with van der Waals surface area (Å²) in [5.41, 5.74) is 9.09. The van der Waals surface area contributed by atoms with Crippen LogP contribution in [0.5, 0.6) is 0 Å². The van der Waals surface area contributed by atoms with Crippen LogP contribution in [0.3, 0.4) is 0 Å². The van der Waals surface area contributed by atoms with Gasteiger partial charge in [0, 0.05) is 17.8 Å². The van der Waals surface area contributed by atoms with Crippen molar-refractivity contribution in [2.75, 3.05) is 18.0 Å². The zero-order valence-corrected chi connectivity index (χ0v) is 18.1. The molecular weight excluding hydrogens is 424 g/mol. The lowest BCUT2D eigenvalue weighted by Crippen LogP contribution is -2.39. The quantitative estimate of drug-likeness (QED) is 0.666. The Morgan fingerprint density at radius 2 is 1.66 bits per heavy atom. The minimum atomic E-state index is -3.87. The summed E-state index contributed by atoms with van der Waals surface area (Å²) >= 11 is 0. The van der Waals surface area contributed by atoms with E-state index in [0.717, 1.165) is 21.1 Å². The van der Waals surface area contributed by atoms with E-state index in [9.17, 15) is 13.2 Å². The van der Waals surface area contributed by atoms with Gasteiger partial charge in [0.25, 0.3) is 15.9 Å². The Bertz CT molecular complexity index is 1310. The number of anilines is 1. The summed E-state index contributed by atoms with van der Waals surface area (Å²) in [5, 5.41) is 0. The molecule has 1 amide bonds. The van der Waals surface area contributed by atoms with Crippen molar-refractivity contribution in [2.45, 2.75) is 17.4 Å². The van der Waals surface area contributed by atoms with E-state index in [0.29, 0.717) is 18.5 Å². The number of amides is 1. The molecule has 0 bridgehead atoms. The molecule has 3 aromatic carbocycles. The predicted octanol–water partition coefficient (Wildman–Crippen LogP) is 2.95. The fraction of sp³-hybridized carbons (Fsp3) is 0.167. The van der Waals surface area contributed by atoms with Gasteiger partial charge in [-0.25, -0.2) is 17.7 Å². The minimum absolute atomic E-state index is 0.0137. The molecular formula is C24H22N4O3S. The zero-order chi connectivity index (χ0) is 22.3. The van der Waals surface area contributed by atoms with Gasteiger partial charge in [-0.05, 0) is 47.9 Å². The maximum Gasteiger partial charge on any atom is 0.266 e. The van der Waals surface area contributed by atoms with Crippen LogP contribution < -0.4 is 10.6 Å². The van der Waals surface area contributed by atoms with Gasteiger partial charge in [0.1, 0.15) is 0 Å². The third kappa shape index (κ3) is 3.42. The van der Waals surface area contributed by atoms with Crippen molar-refractivity contribution in [3.05, 3.63) is 95.6 Å². The number of guanidine groups is 1. The van der Waals surface area contributed by atoms with E-state index in [-0.39, 0.29) is 29.3 Å². The highest BCUT2D eigenvalue weighted by Crippen LogP contribution is 2.34. The number of hydrogen-bond acceptors (Lipinski definition) is 5. The third-order valence-electron chi connectivity index (χ3n) is 5.87. The van der Waals surface area contributed by atoms with Crippen LogP contribution >= 0.6 is 0 Å². The van der Waals surface area contributed by atoms with Crippen molar-refractivity contribution in [1.29, 1.82) is 0 Å². The van der Waals surface area contributed by atoms with Crippen molar-refractivity contribution >= 4 is 27.6 Å². The van der Waals surface area contributed by atoms with E-state index in [2.05, 4.69) is 4.99 Å². The van der Waals surface area contributed by atoms with E-state index >= 15 is 0 Å². The lowest BCUT2D eigenvalue weighted by atomic mass is 10.1. The molecule has 0 fully saturated rings. The summed E-state index contributed by atoms with van der Waals surface area (Å²) in [6, 6.07) is 23.1. The number of aliphatic imine (C=N–C) groups is 1. The minimum Gasteiger partial charge on any atom is -0.369 e. The molecule has 2 aliphatic rings. The van der Waals surface area contributed by atoms with E-state index in [1.165, 1.54) is 6.07 Å². The molecule has 1 atom stereocenters. The van der Waals surface area contributed by atoms with Gasteiger partial charge in [-0.2, -0.15) is 0 Å². The molecule has 3 aromatic rings. The van der Waals surface area contributed by atoms with Gasteiger partial charge in [0.05, 0.1) is 17.5 Å². The average Bonchev–Trinajstić information content (AvgIpc) is 3.43. The second kappa shape index (κ2) is 7.80. The Labute approximate surface area is 186 Å². The summed E-state index contributed by atoms with van der Waals surface area (Å²) in [6.45, 7) is 0.670. The van der Waals surface area contributed by atoms with E-state index < -0.39 is 10.0 Å². The molecule has 0 saturated carbocycles. The fourth-order valence-electron chi connectivity index (χ4n) is 4.21. The second-order valence-electron chi connectivity index (χ2n) is 7.81. The summed E-state index contributed by atoms with van der Waals surface area (Å²) in [7, 11) is -3.87. The normalized spacial score (nSPS) is 17.9. The molecule has 5 rings (SSSR count). The molecule has 2 N–H and O–H groups in total. The predicted molar refractivity (Wildman–Crippen MR) is 123 cm³/mol. The maximum absolute atomic E-state index is 13.3. The second-order valence-corrected chi connectivity index (χ2v) is 9.68. The molecule has 2 aliphatic heterocycles. The van der Waals surface area contributed by atoms with Gasteiger partial charge in [-0.1, -0.05) is 48.5 Å². The molecule has 2 heterocycles. The van der Waals surface area contributed by atoms with Gasteiger partial charge in [0.2, 0.25) is 5.96 Å². The van der Waals surface area contributed by atoms with Crippen molar-refractivity contribution in [3.63, 3.8) is 0 Å². The van der Waals surface area contributed by atoms with E-state index in [1.807, 2.05) is 48.5 Å². The van der Waals surface area contributed by atoms with Crippen molar-refractivity contribution in [2.24, 2.45) is 10.7 Å². The Morgan fingerprint density at radius 3 is 2.38 bits per heavy atom. The highest BCUT2D eigenvalue weighted by molar-refractivity contribution is 7.89. The maximum atomic E-state index is 13.3. The van der Waals surface area contributed by atoms with Crippen LogP contribution in [0, 0.1) is 0 Å². The first kappa shape index (κ1) is 20.3. The molecule has 8 heteroatoms. The number of benzene rings is 3. The molecule has 7 nitrogen and oxygen atoms in total. The molecule has 1 unspecified atom stereocenters. The van der Waals surface area contributed by atoms with Gasteiger partial charge < -0.3 is 10.6 Å². The van der Waals surface area contributed by atoms with Crippen LogP contribution in [0.4, 0.5) is 5.69 Å². The average molecular weight is 447 g/mol. The van der Waals surface area contributed by atoms with Crippen LogP contribution in [0.25, 0.3) is 0 Å². The molecule has 0 aliphatic carbocycles. The number of carbonyl (C=O) groups is 1. The SMILES string of the molecule is NC1=NC(c2ccccc2)CN1S(=O)(=O)c1ccc2c(c1)CCN2C(=O)c1ccccc1. The first-order chi connectivity index (χ1) is 15.4. The lowest BCUT2D eigenvalue weighted by molar-refractivity contribution is 0.0989. The van der Waals surface area contributed by atoms with Crippen LogP contribution in [-0.2, 0) is 16.4 Å². The van der Waals surface area contributed by atoms with Gasteiger partial charge in [-0.15, -0.1) is 0 Å². The number of nitrogens with zero attached hydrogens (tertiary/aromatic N) is 3.